The third kappa shape index (κ3) is 7.75. The third-order valence-electron chi connectivity index (χ3n) is 5.09. The van der Waals surface area contributed by atoms with Gasteiger partial charge in [-0.3, -0.25) is 4.48 Å². The average Bonchev–Trinajstić information content (AvgIpc) is 2.91. The van der Waals surface area contributed by atoms with Crippen LogP contribution in [0.25, 0.3) is 0 Å². The summed E-state index contributed by atoms with van der Waals surface area (Å²) in [5, 5.41) is 18.5. The largest absolute Gasteiger partial charge is 0.477 e. The Labute approximate surface area is 147 Å². The number of carboxylic acids is 1. The molecular weight excluding hydrogens is 304 g/mol. The first-order valence-corrected chi connectivity index (χ1v) is 9.87. The number of quaternary nitrogens is 1. The number of unbranched alkanes of at least 4 members (excludes halogenated alkanes) is 9. The molecule has 0 fully saturated rings. The van der Waals surface area contributed by atoms with E-state index in [1.165, 1.54) is 57.8 Å². The molecule has 0 aromatic heterocycles. The van der Waals surface area contributed by atoms with Crippen molar-refractivity contribution in [2.75, 3.05) is 32.8 Å². The van der Waals surface area contributed by atoms with E-state index in [4.69, 9.17) is 0 Å². The van der Waals surface area contributed by atoms with Gasteiger partial charge in [-0.2, -0.15) is 0 Å². The minimum absolute atomic E-state index is 0.0182. The van der Waals surface area contributed by atoms with Crippen molar-refractivity contribution in [3.05, 3.63) is 0 Å². The molecule has 140 valence electrons. The normalized spacial score (nSPS) is 20.3. The number of aliphatic carboxylic acids is 1. The van der Waals surface area contributed by atoms with E-state index in [0.717, 1.165) is 25.2 Å². The molecule has 0 bridgehead atoms. The quantitative estimate of drug-likeness (QED) is 0.353. The summed E-state index contributed by atoms with van der Waals surface area (Å²) in [5.41, 5.74) is 0. The third-order valence-corrected chi connectivity index (χ3v) is 5.09. The summed E-state index contributed by atoms with van der Waals surface area (Å²) in [4.78, 5) is 15.7. The first-order chi connectivity index (χ1) is 11.6. The number of rotatable bonds is 15. The lowest BCUT2D eigenvalue weighted by molar-refractivity contribution is -0.829. The van der Waals surface area contributed by atoms with Crippen molar-refractivity contribution in [3.8, 4) is 0 Å². The molecule has 2 N–H and O–H groups in total. The van der Waals surface area contributed by atoms with Crippen LogP contribution in [0.5, 0.6) is 0 Å². The minimum atomic E-state index is -0.805. The van der Waals surface area contributed by atoms with Gasteiger partial charge < -0.3 is 10.2 Å². The van der Waals surface area contributed by atoms with Crippen LogP contribution >= 0.6 is 0 Å². The number of nitrogens with zero attached hydrogens (tertiary/aromatic N) is 2. The molecule has 1 aliphatic heterocycles. The SMILES string of the molecule is CCCCCCCCCCCCC1=NCC[N+]1(CCO)CC(=O)O. The highest BCUT2D eigenvalue weighted by Gasteiger charge is 2.39. The Morgan fingerprint density at radius 2 is 1.62 bits per heavy atom. The van der Waals surface area contributed by atoms with E-state index in [2.05, 4.69) is 11.9 Å². The Morgan fingerprint density at radius 1 is 1.04 bits per heavy atom. The Balaban J connectivity index is 2.18. The van der Waals surface area contributed by atoms with Gasteiger partial charge in [0.25, 0.3) is 0 Å². The van der Waals surface area contributed by atoms with Crippen molar-refractivity contribution in [2.45, 2.75) is 77.6 Å². The van der Waals surface area contributed by atoms with Crippen LogP contribution in [0, 0.1) is 0 Å². The van der Waals surface area contributed by atoms with Gasteiger partial charge in [0.15, 0.2) is 12.4 Å². The van der Waals surface area contributed by atoms with E-state index in [1.54, 1.807) is 0 Å². The summed E-state index contributed by atoms with van der Waals surface area (Å²) >= 11 is 0. The smallest absolute Gasteiger partial charge is 0.359 e. The van der Waals surface area contributed by atoms with E-state index in [0.29, 0.717) is 17.6 Å². The Morgan fingerprint density at radius 3 is 2.17 bits per heavy atom. The molecule has 0 amide bonds. The maximum atomic E-state index is 11.2. The molecule has 5 nitrogen and oxygen atoms in total. The van der Waals surface area contributed by atoms with Gasteiger partial charge in [0, 0.05) is 6.42 Å². The number of hydrogen-bond acceptors (Lipinski definition) is 3. The Kier molecular flexibility index (Phi) is 10.9. The van der Waals surface area contributed by atoms with Crippen LogP contribution in [0.15, 0.2) is 4.99 Å². The summed E-state index contributed by atoms with van der Waals surface area (Å²) in [5.74, 6) is 0.187. The maximum Gasteiger partial charge on any atom is 0.359 e. The number of amidine groups is 1. The molecule has 0 aromatic rings. The fourth-order valence-electron chi connectivity index (χ4n) is 3.68. The predicted molar refractivity (Wildman–Crippen MR) is 98.3 cm³/mol. The molecule has 0 aromatic carbocycles. The van der Waals surface area contributed by atoms with Crippen LogP contribution in [0.1, 0.15) is 77.6 Å². The van der Waals surface area contributed by atoms with Gasteiger partial charge >= 0.3 is 5.97 Å². The summed E-state index contributed by atoms with van der Waals surface area (Å²) < 4.78 is 0.364. The zero-order valence-corrected chi connectivity index (χ0v) is 15.5. The number of aliphatic hydroxyl groups is 1. The van der Waals surface area contributed by atoms with Crippen molar-refractivity contribution >= 4 is 11.8 Å². The average molecular weight is 342 g/mol. The molecular formula is C19H37N2O3+. The number of aliphatic imine (C=N–C) groups is 1. The Bertz CT molecular complexity index is 385. The standard InChI is InChI=1S/C19H36N2O3/c1-2-3-4-5-6-7-8-9-10-11-12-18-20-13-14-21(18,15-16-22)17-19(23)24/h22H,2-17H2,1H3/p+1. The lowest BCUT2D eigenvalue weighted by atomic mass is 10.1. The molecule has 24 heavy (non-hydrogen) atoms. The fourth-order valence-corrected chi connectivity index (χ4v) is 3.68. The van der Waals surface area contributed by atoms with Crippen molar-refractivity contribution in [1.29, 1.82) is 0 Å². The molecule has 0 radical (unpaired) electrons. The van der Waals surface area contributed by atoms with Gasteiger partial charge in [0.2, 0.25) is 0 Å². The van der Waals surface area contributed by atoms with Gasteiger partial charge in [0.05, 0.1) is 13.2 Å². The van der Waals surface area contributed by atoms with E-state index < -0.39 is 5.97 Å². The van der Waals surface area contributed by atoms with Crippen LogP contribution < -0.4 is 0 Å². The molecule has 5 heteroatoms. The summed E-state index contributed by atoms with van der Waals surface area (Å²) in [6, 6.07) is 0. The number of aliphatic hydroxyl groups excluding tert-OH is 1. The predicted octanol–water partition coefficient (Wildman–Crippen LogP) is 3.60. The van der Waals surface area contributed by atoms with Crippen LogP contribution in [0.2, 0.25) is 0 Å². The zero-order valence-electron chi connectivity index (χ0n) is 15.5. The molecule has 1 heterocycles. The molecule has 1 rings (SSSR count). The minimum Gasteiger partial charge on any atom is -0.477 e. The van der Waals surface area contributed by atoms with Crippen molar-refractivity contribution in [3.63, 3.8) is 0 Å². The zero-order chi connectivity index (χ0) is 17.7. The molecule has 0 aliphatic carbocycles. The molecule has 0 saturated heterocycles. The molecule has 1 unspecified atom stereocenters. The summed E-state index contributed by atoms with van der Waals surface area (Å²) in [7, 11) is 0. The second-order valence-corrected chi connectivity index (χ2v) is 7.10. The van der Waals surface area contributed by atoms with E-state index in [1.807, 2.05) is 0 Å². The highest BCUT2D eigenvalue weighted by molar-refractivity contribution is 5.80. The first kappa shape index (κ1) is 21.1. The molecule has 0 spiro atoms. The van der Waals surface area contributed by atoms with Gasteiger partial charge in [-0.1, -0.05) is 64.7 Å². The highest BCUT2D eigenvalue weighted by atomic mass is 16.4. The number of hydrogen-bond donors (Lipinski definition) is 2. The van der Waals surface area contributed by atoms with Crippen molar-refractivity contribution in [1.82, 2.24) is 0 Å². The van der Waals surface area contributed by atoms with E-state index >= 15 is 0 Å². The van der Waals surface area contributed by atoms with E-state index in [-0.39, 0.29) is 13.2 Å². The number of carboxylic acid groups (broad SMARTS) is 1. The van der Waals surface area contributed by atoms with Crippen LogP contribution in [-0.4, -0.2) is 59.3 Å². The number of carbonyl (C=O) groups is 1. The highest BCUT2D eigenvalue weighted by Crippen LogP contribution is 2.20. The summed E-state index contributed by atoms with van der Waals surface area (Å²) in [6.45, 7) is 4.21. The van der Waals surface area contributed by atoms with Gasteiger partial charge in [-0.25, -0.2) is 9.79 Å². The second kappa shape index (κ2) is 12.4. The monoisotopic (exact) mass is 341 g/mol. The molecule has 1 atom stereocenters. The topological polar surface area (TPSA) is 69.9 Å². The lowest BCUT2D eigenvalue weighted by Gasteiger charge is -2.32. The fraction of sp³-hybridized carbons (Fsp3) is 0.895. The lowest BCUT2D eigenvalue weighted by Crippen LogP contribution is -2.55. The van der Waals surface area contributed by atoms with Crippen LogP contribution in [0.4, 0.5) is 0 Å². The molecule has 1 aliphatic rings. The van der Waals surface area contributed by atoms with Crippen molar-refractivity contribution < 1.29 is 19.5 Å². The summed E-state index contributed by atoms with van der Waals surface area (Å²) in [6.07, 6.45) is 13.9. The van der Waals surface area contributed by atoms with E-state index in [9.17, 15) is 15.0 Å². The molecule has 0 saturated carbocycles. The van der Waals surface area contributed by atoms with Gasteiger partial charge in [-0.15, -0.1) is 0 Å². The van der Waals surface area contributed by atoms with Gasteiger partial charge in [-0.05, 0) is 6.42 Å². The Hall–Kier alpha value is -0.940. The first-order valence-electron chi connectivity index (χ1n) is 9.87. The van der Waals surface area contributed by atoms with Crippen LogP contribution in [-0.2, 0) is 4.79 Å². The second-order valence-electron chi connectivity index (χ2n) is 7.10. The van der Waals surface area contributed by atoms with Crippen LogP contribution in [0.3, 0.4) is 0 Å². The van der Waals surface area contributed by atoms with Gasteiger partial charge in [0.1, 0.15) is 13.1 Å². The van der Waals surface area contributed by atoms with Crippen molar-refractivity contribution in [2.24, 2.45) is 4.99 Å². The maximum absolute atomic E-state index is 11.2.